The van der Waals surface area contributed by atoms with Crippen LogP contribution in [0.1, 0.15) is 34.2 Å². The molecule has 2 amide bonds. The van der Waals surface area contributed by atoms with E-state index in [0.29, 0.717) is 44.0 Å². The minimum Gasteiger partial charge on any atom is -0.483 e. The molecule has 1 aliphatic rings. The molecule has 0 radical (unpaired) electrons. The molecule has 11 nitrogen and oxygen atoms in total. The van der Waals surface area contributed by atoms with Crippen molar-refractivity contribution >= 4 is 23.9 Å². The lowest BCUT2D eigenvalue weighted by Crippen LogP contribution is -2.38. The van der Waals surface area contributed by atoms with Crippen molar-refractivity contribution in [1.82, 2.24) is 29.8 Å². The molecule has 3 aromatic heterocycles. The van der Waals surface area contributed by atoms with Gasteiger partial charge in [0.1, 0.15) is 12.3 Å². The number of carbonyl (C=O) groups is 3. The molecule has 0 aromatic carbocycles. The highest BCUT2D eigenvalue weighted by Gasteiger charge is 2.22. The van der Waals surface area contributed by atoms with Crippen molar-refractivity contribution in [3.05, 3.63) is 59.3 Å². The van der Waals surface area contributed by atoms with E-state index in [9.17, 15) is 9.59 Å². The third-order valence-corrected chi connectivity index (χ3v) is 4.84. The van der Waals surface area contributed by atoms with Gasteiger partial charge in [-0.25, -0.2) is 9.50 Å². The SMILES string of the molecule is CCOCC(=O)N1CCc2ncc(CNC(=O)c3cnc4cccnn34)cc2C1.O=CO. The molecule has 0 unspecified atom stereocenters. The number of rotatable bonds is 6. The molecule has 4 rings (SSSR count). The predicted molar refractivity (Wildman–Crippen MR) is 113 cm³/mol. The zero-order valence-corrected chi connectivity index (χ0v) is 17.6. The number of hydrogen-bond acceptors (Lipinski definition) is 7. The van der Waals surface area contributed by atoms with Gasteiger partial charge in [-0.15, -0.1) is 0 Å². The third-order valence-electron chi connectivity index (χ3n) is 4.84. The van der Waals surface area contributed by atoms with E-state index >= 15 is 0 Å². The Labute approximate surface area is 184 Å². The Morgan fingerprint density at radius 2 is 2.12 bits per heavy atom. The Bertz CT molecular complexity index is 1100. The van der Waals surface area contributed by atoms with Gasteiger partial charge in [0.2, 0.25) is 5.91 Å². The summed E-state index contributed by atoms with van der Waals surface area (Å²) in [6.45, 7) is 3.71. The lowest BCUT2D eigenvalue weighted by Gasteiger charge is -2.28. The van der Waals surface area contributed by atoms with Gasteiger partial charge in [-0.1, -0.05) is 0 Å². The topological polar surface area (TPSA) is 139 Å². The first-order valence-corrected chi connectivity index (χ1v) is 10.0. The summed E-state index contributed by atoms with van der Waals surface area (Å²) in [7, 11) is 0. The summed E-state index contributed by atoms with van der Waals surface area (Å²) in [6, 6.07) is 5.55. The predicted octanol–water partition coefficient (Wildman–Crippen LogP) is 0.676. The summed E-state index contributed by atoms with van der Waals surface area (Å²) in [4.78, 5) is 43.6. The standard InChI is InChI=1S/C20H22N6O3.CH2O2/c1-2-29-13-19(27)25-7-5-16-15(12-25)8-14(9-21-16)10-23-20(28)17-11-22-18-4-3-6-24-26(17)18;2-1-3/h3-4,6,8-9,11H,2,5,7,10,12-13H2,1H3,(H,23,28);1H,(H,2,3). The van der Waals surface area contributed by atoms with Crippen LogP contribution in [0, 0.1) is 0 Å². The minimum absolute atomic E-state index is 0.0173. The van der Waals surface area contributed by atoms with Crippen LogP contribution in [-0.4, -0.2) is 67.6 Å². The second-order valence-electron chi connectivity index (χ2n) is 6.88. The summed E-state index contributed by atoms with van der Waals surface area (Å²) >= 11 is 0. The Morgan fingerprint density at radius 3 is 2.91 bits per heavy atom. The molecule has 0 saturated heterocycles. The number of aromatic nitrogens is 4. The third kappa shape index (κ3) is 5.43. The van der Waals surface area contributed by atoms with Crippen LogP contribution in [0.3, 0.4) is 0 Å². The van der Waals surface area contributed by atoms with Gasteiger partial charge in [0.25, 0.3) is 12.4 Å². The maximum absolute atomic E-state index is 12.5. The summed E-state index contributed by atoms with van der Waals surface area (Å²) in [6.07, 6.45) is 5.60. The number of ether oxygens (including phenoxy) is 1. The number of nitrogens with zero attached hydrogens (tertiary/aromatic N) is 5. The highest BCUT2D eigenvalue weighted by Crippen LogP contribution is 2.18. The maximum Gasteiger partial charge on any atom is 0.290 e. The van der Waals surface area contributed by atoms with Crippen molar-refractivity contribution in [1.29, 1.82) is 0 Å². The van der Waals surface area contributed by atoms with Crippen LogP contribution in [0.2, 0.25) is 0 Å². The molecule has 168 valence electrons. The zero-order valence-electron chi connectivity index (χ0n) is 17.6. The van der Waals surface area contributed by atoms with Crippen molar-refractivity contribution in [2.45, 2.75) is 26.4 Å². The van der Waals surface area contributed by atoms with Crippen LogP contribution in [-0.2, 0) is 33.8 Å². The number of amides is 2. The second-order valence-corrected chi connectivity index (χ2v) is 6.88. The van der Waals surface area contributed by atoms with Crippen molar-refractivity contribution < 1.29 is 24.2 Å². The highest BCUT2D eigenvalue weighted by molar-refractivity contribution is 5.93. The summed E-state index contributed by atoms with van der Waals surface area (Å²) in [5, 5.41) is 13.9. The average Bonchev–Trinajstić information content (AvgIpc) is 3.25. The van der Waals surface area contributed by atoms with Gasteiger partial charge in [-0.3, -0.25) is 19.4 Å². The van der Waals surface area contributed by atoms with E-state index in [-0.39, 0.29) is 24.9 Å². The van der Waals surface area contributed by atoms with Gasteiger partial charge in [-0.2, -0.15) is 5.10 Å². The van der Waals surface area contributed by atoms with Crippen molar-refractivity contribution in [3.63, 3.8) is 0 Å². The minimum atomic E-state index is -0.262. The molecule has 11 heteroatoms. The lowest BCUT2D eigenvalue weighted by atomic mass is 10.0. The van der Waals surface area contributed by atoms with Crippen molar-refractivity contribution in [2.75, 3.05) is 19.8 Å². The quantitative estimate of drug-likeness (QED) is 0.534. The smallest absolute Gasteiger partial charge is 0.290 e. The van der Waals surface area contributed by atoms with Gasteiger partial charge in [0.15, 0.2) is 5.65 Å². The lowest BCUT2D eigenvalue weighted by molar-refractivity contribution is -0.137. The Balaban J connectivity index is 0.000000913. The molecular formula is C21H24N6O5. The number of hydrogen-bond donors (Lipinski definition) is 2. The molecule has 1 aliphatic heterocycles. The number of carbonyl (C=O) groups excluding carboxylic acids is 2. The highest BCUT2D eigenvalue weighted by atomic mass is 16.5. The number of carboxylic acid groups (broad SMARTS) is 1. The van der Waals surface area contributed by atoms with E-state index in [4.69, 9.17) is 14.6 Å². The normalized spacial score (nSPS) is 12.5. The van der Waals surface area contributed by atoms with Gasteiger partial charge in [-0.05, 0) is 36.2 Å². The van der Waals surface area contributed by atoms with Crippen LogP contribution in [0.25, 0.3) is 5.65 Å². The summed E-state index contributed by atoms with van der Waals surface area (Å²) < 4.78 is 6.73. The fourth-order valence-electron chi connectivity index (χ4n) is 3.32. The van der Waals surface area contributed by atoms with Crippen LogP contribution in [0.15, 0.2) is 36.8 Å². The maximum atomic E-state index is 12.5. The van der Waals surface area contributed by atoms with Crippen LogP contribution in [0.5, 0.6) is 0 Å². The van der Waals surface area contributed by atoms with E-state index in [2.05, 4.69) is 20.4 Å². The van der Waals surface area contributed by atoms with Crippen LogP contribution < -0.4 is 5.32 Å². The molecule has 0 aliphatic carbocycles. The summed E-state index contributed by atoms with van der Waals surface area (Å²) in [5.74, 6) is -0.279. The number of pyridine rings is 1. The molecule has 0 atom stereocenters. The first kappa shape index (κ1) is 22.8. The molecule has 0 bridgehead atoms. The Hall–Kier alpha value is -3.86. The molecule has 0 saturated carbocycles. The monoisotopic (exact) mass is 440 g/mol. The first-order chi connectivity index (χ1) is 15.6. The molecule has 3 aromatic rings. The molecular weight excluding hydrogens is 416 g/mol. The van der Waals surface area contributed by atoms with Crippen molar-refractivity contribution in [2.24, 2.45) is 0 Å². The fraction of sp³-hybridized carbons (Fsp3) is 0.333. The molecule has 0 fully saturated rings. The van der Waals surface area contributed by atoms with Gasteiger partial charge in [0.05, 0.1) is 6.20 Å². The zero-order chi connectivity index (χ0) is 22.9. The molecule has 4 heterocycles. The molecule has 2 N–H and O–H groups in total. The first-order valence-electron chi connectivity index (χ1n) is 10.0. The van der Waals surface area contributed by atoms with Crippen LogP contribution >= 0.6 is 0 Å². The largest absolute Gasteiger partial charge is 0.483 e. The molecule has 32 heavy (non-hydrogen) atoms. The average molecular weight is 440 g/mol. The van der Waals surface area contributed by atoms with E-state index in [1.807, 2.05) is 13.0 Å². The van der Waals surface area contributed by atoms with Gasteiger partial charge in [0, 0.05) is 50.7 Å². The van der Waals surface area contributed by atoms with Gasteiger partial charge >= 0.3 is 0 Å². The van der Waals surface area contributed by atoms with E-state index in [1.54, 1.807) is 29.4 Å². The van der Waals surface area contributed by atoms with Crippen LogP contribution in [0.4, 0.5) is 0 Å². The number of imidazole rings is 1. The van der Waals surface area contributed by atoms with Crippen molar-refractivity contribution in [3.8, 4) is 0 Å². The number of nitrogens with one attached hydrogen (secondary N) is 1. The second kappa shape index (κ2) is 11.0. The fourth-order valence-corrected chi connectivity index (χ4v) is 3.32. The summed E-state index contributed by atoms with van der Waals surface area (Å²) in [5.41, 5.74) is 3.86. The van der Waals surface area contributed by atoms with Gasteiger partial charge < -0.3 is 20.1 Å². The van der Waals surface area contributed by atoms with E-state index in [0.717, 1.165) is 16.8 Å². The molecule has 0 spiro atoms. The number of fused-ring (bicyclic) bond motifs is 2. The van der Waals surface area contributed by atoms with E-state index < -0.39 is 0 Å². The Kier molecular flexibility index (Phi) is 7.81. The Morgan fingerprint density at radius 1 is 1.31 bits per heavy atom. The van der Waals surface area contributed by atoms with E-state index in [1.165, 1.54) is 10.7 Å².